The van der Waals surface area contributed by atoms with E-state index in [4.69, 9.17) is 0 Å². The highest BCUT2D eigenvalue weighted by molar-refractivity contribution is 5.69. The molecule has 0 amide bonds. The van der Waals surface area contributed by atoms with Gasteiger partial charge in [-0.1, -0.05) is 0 Å². The Balaban J connectivity index is 1.94. The summed E-state index contributed by atoms with van der Waals surface area (Å²) in [5.74, 6) is -1.83. The highest BCUT2D eigenvalue weighted by Gasteiger charge is 2.41. The minimum Gasteiger partial charge on any atom is -0.508 e. The number of phenolic OH excluding ortho intramolecular Hbond substituents is 6. The van der Waals surface area contributed by atoms with E-state index in [-0.39, 0.29) is 40.4 Å². The predicted octanol–water partition coefficient (Wildman–Crippen LogP) is 3.10. The fourth-order valence-corrected chi connectivity index (χ4v) is 4.62. The molecule has 0 fully saturated rings. The average molecular weight is 364 g/mol. The summed E-state index contributed by atoms with van der Waals surface area (Å²) in [6, 6.07) is 8.56. The van der Waals surface area contributed by atoms with Gasteiger partial charge in [-0.15, -0.1) is 0 Å². The van der Waals surface area contributed by atoms with Gasteiger partial charge in [0.15, 0.2) is 11.5 Å². The third kappa shape index (κ3) is 2.01. The van der Waals surface area contributed by atoms with Crippen molar-refractivity contribution in [3.05, 3.63) is 69.8 Å². The summed E-state index contributed by atoms with van der Waals surface area (Å²) in [6.07, 6.45) is 0.352. The highest BCUT2D eigenvalue weighted by atomic mass is 16.3. The van der Waals surface area contributed by atoms with Crippen LogP contribution in [0.3, 0.4) is 0 Å². The zero-order chi connectivity index (χ0) is 19.0. The summed E-state index contributed by atoms with van der Waals surface area (Å²) in [5, 5.41) is 61.2. The SMILES string of the molecule is Oc1cc(O)c2c(c1)[C@H]1Cc3c(O)cc(O)cc3[C@@H]2c2cc(O)c(O)cc21. The van der Waals surface area contributed by atoms with E-state index < -0.39 is 5.92 Å². The summed E-state index contributed by atoms with van der Waals surface area (Å²) >= 11 is 0. The second-order valence-electron chi connectivity index (χ2n) is 7.16. The second kappa shape index (κ2) is 5.01. The summed E-state index contributed by atoms with van der Waals surface area (Å²) in [7, 11) is 0. The van der Waals surface area contributed by atoms with Crippen LogP contribution in [0, 0.1) is 0 Å². The lowest BCUT2D eigenvalue weighted by Crippen LogP contribution is -2.16. The first-order valence-corrected chi connectivity index (χ1v) is 8.51. The van der Waals surface area contributed by atoms with Crippen LogP contribution < -0.4 is 0 Å². The zero-order valence-electron chi connectivity index (χ0n) is 14.0. The summed E-state index contributed by atoms with van der Waals surface area (Å²) < 4.78 is 0. The third-order valence-electron chi connectivity index (χ3n) is 5.67. The Bertz CT molecular complexity index is 1130. The summed E-state index contributed by atoms with van der Waals surface area (Å²) in [5.41, 5.74) is 3.88. The van der Waals surface area contributed by atoms with Gasteiger partial charge in [-0.2, -0.15) is 0 Å². The Morgan fingerprint density at radius 1 is 0.556 bits per heavy atom. The topological polar surface area (TPSA) is 121 Å². The Morgan fingerprint density at radius 2 is 1.15 bits per heavy atom. The van der Waals surface area contributed by atoms with Crippen LogP contribution >= 0.6 is 0 Å². The van der Waals surface area contributed by atoms with Crippen LogP contribution in [0.4, 0.5) is 0 Å². The number of phenols is 6. The monoisotopic (exact) mass is 364 g/mol. The molecule has 3 aliphatic carbocycles. The van der Waals surface area contributed by atoms with Crippen LogP contribution in [0.5, 0.6) is 34.5 Å². The molecule has 27 heavy (non-hydrogen) atoms. The van der Waals surface area contributed by atoms with Crippen molar-refractivity contribution >= 4 is 0 Å². The molecule has 2 atom stereocenters. The first-order chi connectivity index (χ1) is 12.8. The molecule has 0 spiro atoms. The van der Waals surface area contributed by atoms with Crippen LogP contribution in [0.15, 0.2) is 36.4 Å². The fraction of sp³-hybridized carbons (Fsp3) is 0.143. The van der Waals surface area contributed by atoms with Crippen molar-refractivity contribution in [3.63, 3.8) is 0 Å². The predicted molar refractivity (Wildman–Crippen MR) is 95.8 cm³/mol. The molecule has 6 N–H and O–H groups in total. The van der Waals surface area contributed by atoms with E-state index in [0.29, 0.717) is 34.2 Å². The van der Waals surface area contributed by atoms with Gasteiger partial charge in [0.05, 0.1) is 0 Å². The number of hydrogen-bond donors (Lipinski definition) is 6. The van der Waals surface area contributed by atoms with Gasteiger partial charge in [-0.05, 0) is 58.5 Å². The van der Waals surface area contributed by atoms with Gasteiger partial charge in [0.1, 0.15) is 23.0 Å². The van der Waals surface area contributed by atoms with Gasteiger partial charge in [-0.3, -0.25) is 0 Å². The number of aromatic hydroxyl groups is 6. The van der Waals surface area contributed by atoms with Crippen LogP contribution in [0.1, 0.15) is 45.2 Å². The summed E-state index contributed by atoms with van der Waals surface area (Å²) in [6.45, 7) is 0. The molecule has 6 heteroatoms. The van der Waals surface area contributed by atoms with Crippen molar-refractivity contribution < 1.29 is 30.6 Å². The first kappa shape index (κ1) is 15.7. The van der Waals surface area contributed by atoms with Crippen LogP contribution in [-0.4, -0.2) is 30.6 Å². The van der Waals surface area contributed by atoms with E-state index in [1.54, 1.807) is 6.07 Å². The van der Waals surface area contributed by atoms with Gasteiger partial charge < -0.3 is 30.6 Å². The molecule has 0 aromatic heterocycles. The van der Waals surface area contributed by atoms with E-state index in [1.165, 1.54) is 30.3 Å². The Labute approximate surface area is 153 Å². The van der Waals surface area contributed by atoms with Crippen molar-refractivity contribution in [3.8, 4) is 34.5 Å². The van der Waals surface area contributed by atoms with E-state index in [2.05, 4.69) is 0 Å². The van der Waals surface area contributed by atoms with Crippen molar-refractivity contribution in [1.82, 2.24) is 0 Å². The molecular weight excluding hydrogens is 348 g/mol. The molecule has 3 aliphatic rings. The van der Waals surface area contributed by atoms with Crippen molar-refractivity contribution in [2.24, 2.45) is 0 Å². The Morgan fingerprint density at radius 3 is 1.85 bits per heavy atom. The quantitative estimate of drug-likeness (QED) is 0.341. The molecule has 0 saturated heterocycles. The second-order valence-corrected chi connectivity index (χ2v) is 7.16. The van der Waals surface area contributed by atoms with Crippen molar-refractivity contribution in [2.75, 3.05) is 0 Å². The standard InChI is InChI=1S/C21H16O6/c22-8-2-14-12(16(24)3-8)5-10-11-6-17(25)18(26)7-15(11)20(14)21-13(10)1-9(23)4-19(21)27/h1-4,6-7,10,20,22-27H,5H2/t10-,20+/m0/s1. The molecule has 136 valence electrons. The molecule has 0 aliphatic heterocycles. The molecule has 6 rings (SSSR count). The average Bonchev–Trinajstić information content (AvgIpc) is 2.80. The maximum Gasteiger partial charge on any atom is 0.157 e. The maximum absolute atomic E-state index is 10.6. The van der Waals surface area contributed by atoms with E-state index in [0.717, 1.165) is 5.56 Å². The fourth-order valence-electron chi connectivity index (χ4n) is 4.62. The lowest BCUT2D eigenvalue weighted by atomic mass is 9.72. The largest absolute Gasteiger partial charge is 0.508 e. The maximum atomic E-state index is 10.6. The molecule has 2 bridgehead atoms. The van der Waals surface area contributed by atoms with Crippen LogP contribution in [0.2, 0.25) is 0 Å². The van der Waals surface area contributed by atoms with E-state index in [1.807, 2.05) is 0 Å². The summed E-state index contributed by atoms with van der Waals surface area (Å²) in [4.78, 5) is 0. The molecule has 3 aromatic rings. The van der Waals surface area contributed by atoms with Gasteiger partial charge in [0, 0.05) is 29.5 Å². The molecule has 0 saturated carbocycles. The van der Waals surface area contributed by atoms with Crippen molar-refractivity contribution in [1.29, 1.82) is 0 Å². The van der Waals surface area contributed by atoms with E-state index >= 15 is 0 Å². The normalized spacial score (nSPS) is 19.1. The first-order valence-electron chi connectivity index (χ1n) is 8.51. The number of hydrogen-bond acceptors (Lipinski definition) is 6. The van der Waals surface area contributed by atoms with Crippen molar-refractivity contribution in [2.45, 2.75) is 18.3 Å². The zero-order valence-corrected chi connectivity index (χ0v) is 14.0. The van der Waals surface area contributed by atoms with Gasteiger partial charge in [-0.25, -0.2) is 0 Å². The molecule has 0 unspecified atom stereocenters. The molecular formula is C21H16O6. The Hall–Kier alpha value is -3.54. The van der Waals surface area contributed by atoms with Gasteiger partial charge in [0.25, 0.3) is 0 Å². The Kier molecular flexibility index (Phi) is 2.91. The molecule has 6 nitrogen and oxygen atoms in total. The number of benzene rings is 3. The minimum absolute atomic E-state index is 0.0576. The number of rotatable bonds is 0. The van der Waals surface area contributed by atoms with Crippen LogP contribution in [-0.2, 0) is 6.42 Å². The van der Waals surface area contributed by atoms with Crippen LogP contribution in [0.25, 0.3) is 0 Å². The van der Waals surface area contributed by atoms with Gasteiger partial charge >= 0.3 is 0 Å². The van der Waals surface area contributed by atoms with Gasteiger partial charge in [0.2, 0.25) is 0 Å². The highest BCUT2D eigenvalue weighted by Crippen LogP contribution is 2.57. The third-order valence-corrected chi connectivity index (χ3v) is 5.67. The molecule has 0 heterocycles. The minimum atomic E-state index is -0.575. The molecule has 3 aromatic carbocycles. The smallest absolute Gasteiger partial charge is 0.157 e. The lowest BCUT2D eigenvalue weighted by Gasteiger charge is -2.32. The van der Waals surface area contributed by atoms with E-state index in [9.17, 15) is 30.6 Å². The molecule has 0 radical (unpaired) electrons. The lowest BCUT2D eigenvalue weighted by molar-refractivity contribution is 0.401.